The highest BCUT2D eigenvalue weighted by Crippen LogP contribution is 2.38. The van der Waals surface area contributed by atoms with Crippen molar-refractivity contribution in [3.05, 3.63) is 29.6 Å². The van der Waals surface area contributed by atoms with E-state index in [4.69, 9.17) is 5.73 Å². The molecule has 94 valence electrons. The molecule has 0 saturated heterocycles. The summed E-state index contributed by atoms with van der Waals surface area (Å²) in [6.45, 7) is 4.06. The van der Waals surface area contributed by atoms with Gasteiger partial charge in [0.25, 0.3) is 0 Å². The Balaban J connectivity index is 2.34. The van der Waals surface area contributed by atoms with Crippen molar-refractivity contribution in [1.29, 1.82) is 0 Å². The monoisotopic (exact) mass is 236 g/mol. The van der Waals surface area contributed by atoms with Crippen LogP contribution in [0.5, 0.6) is 0 Å². The minimum Gasteiger partial charge on any atom is -0.369 e. The van der Waals surface area contributed by atoms with Gasteiger partial charge in [-0.05, 0) is 44.2 Å². The van der Waals surface area contributed by atoms with Crippen LogP contribution in [0.25, 0.3) is 0 Å². The smallest absolute Gasteiger partial charge is 0.146 e. The summed E-state index contributed by atoms with van der Waals surface area (Å²) in [6, 6.07) is 5.39. The molecule has 0 bridgehead atoms. The van der Waals surface area contributed by atoms with Crippen LogP contribution < -0.4 is 10.6 Å². The Morgan fingerprint density at radius 2 is 2.00 bits per heavy atom. The van der Waals surface area contributed by atoms with Gasteiger partial charge in [-0.3, -0.25) is 0 Å². The number of nitrogens with two attached hydrogens (primary N) is 1. The molecule has 1 aliphatic carbocycles. The lowest BCUT2D eigenvalue weighted by molar-refractivity contribution is 0.570. The van der Waals surface area contributed by atoms with Gasteiger partial charge in [-0.2, -0.15) is 0 Å². The molecule has 0 aromatic heterocycles. The van der Waals surface area contributed by atoms with Gasteiger partial charge in [0.1, 0.15) is 5.82 Å². The second kappa shape index (κ2) is 4.65. The molecule has 1 aromatic rings. The number of hydrogen-bond acceptors (Lipinski definition) is 2. The first kappa shape index (κ1) is 12.4. The number of benzene rings is 1. The summed E-state index contributed by atoms with van der Waals surface area (Å²) in [7, 11) is 1.97. The van der Waals surface area contributed by atoms with Crippen LogP contribution in [0.1, 0.15) is 38.3 Å². The first-order valence-corrected chi connectivity index (χ1v) is 6.29. The highest BCUT2D eigenvalue weighted by Gasteiger charge is 2.32. The zero-order valence-electron chi connectivity index (χ0n) is 10.8. The topological polar surface area (TPSA) is 29.3 Å². The second-order valence-corrected chi connectivity index (χ2v) is 5.16. The molecule has 1 saturated carbocycles. The fraction of sp³-hybridized carbons (Fsp3) is 0.571. The fourth-order valence-electron chi connectivity index (χ4n) is 2.37. The summed E-state index contributed by atoms with van der Waals surface area (Å²) < 4.78 is 14.0. The summed E-state index contributed by atoms with van der Waals surface area (Å²) in [6.07, 6.45) is 2.51. The maximum absolute atomic E-state index is 14.0. The van der Waals surface area contributed by atoms with Crippen molar-refractivity contribution < 1.29 is 4.39 Å². The summed E-state index contributed by atoms with van der Waals surface area (Å²) in [5, 5.41) is 0. The highest BCUT2D eigenvalue weighted by molar-refractivity contribution is 5.56. The average Bonchev–Trinajstić information content (AvgIpc) is 3.10. The Kier molecular flexibility index (Phi) is 3.38. The van der Waals surface area contributed by atoms with Gasteiger partial charge in [0, 0.05) is 19.1 Å². The first-order valence-electron chi connectivity index (χ1n) is 6.29. The van der Waals surface area contributed by atoms with E-state index in [1.165, 1.54) is 18.9 Å². The molecule has 1 unspecified atom stereocenters. The van der Waals surface area contributed by atoms with E-state index < -0.39 is 0 Å². The normalized spacial score (nSPS) is 18.9. The van der Waals surface area contributed by atoms with Gasteiger partial charge < -0.3 is 10.6 Å². The van der Waals surface area contributed by atoms with Crippen LogP contribution in [0.2, 0.25) is 0 Å². The van der Waals surface area contributed by atoms with Crippen molar-refractivity contribution in [3.63, 3.8) is 0 Å². The third-order valence-electron chi connectivity index (χ3n) is 3.78. The minimum absolute atomic E-state index is 0.144. The SMILES string of the molecule is CC(C1CC1)N(C)c1c(F)cccc1[C@H](C)N. The quantitative estimate of drug-likeness (QED) is 0.870. The first-order chi connectivity index (χ1) is 8.02. The van der Waals surface area contributed by atoms with E-state index in [1.54, 1.807) is 6.07 Å². The van der Waals surface area contributed by atoms with E-state index in [9.17, 15) is 4.39 Å². The predicted octanol–water partition coefficient (Wildman–Crippen LogP) is 3.08. The maximum atomic E-state index is 14.0. The molecule has 2 N–H and O–H groups in total. The molecular formula is C14H21FN2. The zero-order valence-corrected chi connectivity index (χ0v) is 10.8. The van der Waals surface area contributed by atoms with Crippen LogP contribution >= 0.6 is 0 Å². The van der Waals surface area contributed by atoms with Crippen molar-refractivity contribution in [1.82, 2.24) is 0 Å². The van der Waals surface area contributed by atoms with Gasteiger partial charge in [-0.1, -0.05) is 12.1 Å². The average molecular weight is 236 g/mol. The fourth-order valence-corrected chi connectivity index (χ4v) is 2.37. The Morgan fingerprint density at radius 3 is 2.53 bits per heavy atom. The van der Waals surface area contributed by atoms with Crippen LogP contribution in [-0.4, -0.2) is 13.1 Å². The highest BCUT2D eigenvalue weighted by atomic mass is 19.1. The molecule has 0 spiro atoms. The third-order valence-corrected chi connectivity index (χ3v) is 3.78. The van der Waals surface area contributed by atoms with Crippen LogP contribution in [0.15, 0.2) is 18.2 Å². The molecule has 1 fully saturated rings. The lowest BCUT2D eigenvalue weighted by Crippen LogP contribution is -2.32. The largest absolute Gasteiger partial charge is 0.369 e. The molecule has 1 aliphatic rings. The van der Waals surface area contributed by atoms with E-state index in [-0.39, 0.29) is 11.9 Å². The Bertz CT molecular complexity index is 399. The number of nitrogens with zero attached hydrogens (tertiary/aromatic N) is 1. The van der Waals surface area contributed by atoms with Crippen molar-refractivity contribution in [2.24, 2.45) is 11.7 Å². The van der Waals surface area contributed by atoms with E-state index >= 15 is 0 Å². The van der Waals surface area contributed by atoms with Gasteiger partial charge >= 0.3 is 0 Å². The number of halogens is 1. The van der Waals surface area contributed by atoms with Gasteiger partial charge in [0.2, 0.25) is 0 Å². The summed E-state index contributed by atoms with van der Waals surface area (Å²) in [5.74, 6) is 0.537. The molecule has 17 heavy (non-hydrogen) atoms. The van der Waals surface area contributed by atoms with Crippen molar-refractivity contribution in [3.8, 4) is 0 Å². The molecule has 2 rings (SSSR count). The van der Waals surface area contributed by atoms with Crippen molar-refractivity contribution in [2.45, 2.75) is 38.8 Å². The predicted molar refractivity (Wildman–Crippen MR) is 69.6 cm³/mol. The summed E-state index contributed by atoms with van der Waals surface area (Å²) in [5.41, 5.74) is 7.48. The number of rotatable bonds is 4. The molecule has 2 nitrogen and oxygen atoms in total. The molecule has 0 radical (unpaired) electrons. The summed E-state index contributed by atoms with van der Waals surface area (Å²) in [4.78, 5) is 2.05. The standard InChI is InChI=1S/C14H21FN2/c1-9(16)12-5-4-6-13(15)14(12)17(3)10(2)11-7-8-11/h4-6,9-11H,7-8,16H2,1-3H3/t9-,10?/m0/s1. The molecule has 0 heterocycles. The van der Waals surface area contributed by atoms with Crippen LogP contribution in [-0.2, 0) is 0 Å². The Labute approximate surface area is 103 Å². The molecule has 2 atom stereocenters. The third kappa shape index (κ3) is 2.44. The van der Waals surface area contributed by atoms with Gasteiger partial charge in [0.05, 0.1) is 5.69 Å². The minimum atomic E-state index is -0.171. The van der Waals surface area contributed by atoms with Gasteiger partial charge in [-0.15, -0.1) is 0 Å². The van der Waals surface area contributed by atoms with E-state index in [2.05, 4.69) is 6.92 Å². The second-order valence-electron chi connectivity index (χ2n) is 5.16. The van der Waals surface area contributed by atoms with Crippen LogP contribution in [0.4, 0.5) is 10.1 Å². The number of para-hydroxylation sites is 1. The molecule has 0 amide bonds. The van der Waals surface area contributed by atoms with Crippen LogP contribution in [0, 0.1) is 11.7 Å². The Hall–Kier alpha value is -1.09. The van der Waals surface area contributed by atoms with E-state index in [0.29, 0.717) is 17.6 Å². The molecule has 3 heteroatoms. The van der Waals surface area contributed by atoms with Crippen molar-refractivity contribution in [2.75, 3.05) is 11.9 Å². The molecular weight excluding hydrogens is 215 g/mol. The number of hydrogen-bond donors (Lipinski definition) is 1. The molecule has 0 aliphatic heterocycles. The van der Waals surface area contributed by atoms with Crippen molar-refractivity contribution >= 4 is 5.69 Å². The van der Waals surface area contributed by atoms with E-state index in [0.717, 1.165) is 5.56 Å². The Morgan fingerprint density at radius 1 is 1.35 bits per heavy atom. The van der Waals surface area contributed by atoms with Crippen LogP contribution in [0.3, 0.4) is 0 Å². The lowest BCUT2D eigenvalue weighted by atomic mass is 10.0. The summed E-state index contributed by atoms with van der Waals surface area (Å²) >= 11 is 0. The number of anilines is 1. The molecule has 1 aromatic carbocycles. The maximum Gasteiger partial charge on any atom is 0.146 e. The zero-order chi connectivity index (χ0) is 12.6. The van der Waals surface area contributed by atoms with Gasteiger partial charge in [-0.25, -0.2) is 4.39 Å². The lowest BCUT2D eigenvalue weighted by Gasteiger charge is -2.30. The van der Waals surface area contributed by atoms with E-state index in [1.807, 2.05) is 24.9 Å². The van der Waals surface area contributed by atoms with Gasteiger partial charge in [0.15, 0.2) is 0 Å².